The summed E-state index contributed by atoms with van der Waals surface area (Å²) in [6.45, 7) is 1.92. The number of urea groups is 1. The molecule has 9 heteroatoms. The van der Waals surface area contributed by atoms with E-state index in [-0.39, 0.29) is 11.7 Å². The van der Waals surface area contributed by atoms with Gasteiger partial charge in [-0.1, -0.05) is 12.2 Å². The highest BCUT2D eigenvalue weighted by atomic mass is 19.4. The Morgan fingerprint density at radius 2 is 2.09 bits per heavy atom. The van der Waals surface area contributed by atoms with Gasteiger partial charge in [0, 0.05) is 38.4 Å². The van der Waals surface area contributed by atoms with Gasteiger partial charge in [0.25, 0.3) is 0 Å². The quantitative estimate of drug-likeness (QED) is 0.862. The normalized spacial score (nSPS) is 22.0. The molecule has 1 aromatic rings. The molecule has 1 N–H and O–H groups in total. The van der Waals surface area contributed by atoms with Crippen LogP contribution in [0.4, 0.5) is 23.7 Å². The SMILES string of the molecule is O=C(Nc1cnn(CC(F)(F)F)c1)N1CCC(N2CC=CC2)C1. The van der Waals surface area contributed by atoms with Crippen molar-refractivity contribution in [3.8, 4) is 0 Å². The van der Waals surface area contributed by atoms with Crippen LogP contribution in [0.1, 0.15) is 6.42 Å². The van der Waals surface area contributed by atoms with Crippen LogP contribution >= 0.6 is 0 Å². The number of carbonyl (C=O) groups excluding carboxylic acids is 1. The Morgan fingerprint density at radius 1 is 1.35 bits per heavy atom. The minimum atomic E-state index is -4.33. The molecule has 3 rings (SSSR count). The van der Waals surface area contributed by atoms with E-state index in [1.165, 1.54) is 12.4 Å². The molecule has 0 bridgehead atoms. The third-order valence-electron chi connectivity index (χ3n) is 4.04. The van der Waals surface area contributed by atoms with E-state index in [1.807, 2.05) is 0 Å². The number of hydrogen-bond acceptors (Lipinski definition) is 3. The molecule has 0 aliphatic carbocycles. The highest BCUT2D eigenvalue weighted by Crippen LogP contribution is 2.20. The fraction of sp³-hybridized carbons (Fsp3) is 0.571. The summed E-state index contributed by atoms with van der Waals surface area (Å²) in [6, 6.07) is 0.0370. The second kappa shape index (κ2) is 6.23. The van der Waals surface area contributed by atoms with Crippen LogP contribution in [0, 0.1) is 0 Å². The smallest absolute Gasteiger partial charge is 0.323 e. The van der Waals surface area contributed by atoms with E-state index in [9.17, 15) is 18.0 Å². The summed E-state index contributed by atoms with van der Waals surface area (Å²) in [5.74, 6) is 0. The summed E-state index contributed by atoms with van der Waals surface area (Å²) in [6.07, 6.45) is 3.20. The van der Waals surface area contributed by atoms with Gasteiger partial charge in [-0.15, -0.1) is 0 Å². The lowest BCUT2D eigenvalue weighted by Crippen LogP contribution is -2.38. The van der Waals surface area contributed by atoms with E-state index in [1.54, 1.807) is 4.90 Å². The summed E-state index contributed by atoms with van der Waals surface area (Å²) in [5, 5.41) is 6.21. The first-order valence-electron chi connectivity index (χ1n) is 7.45. The van der Waals surface area contributed by atoms with Crippen LogP contribution in [-0.2, 0) is 6.54 Å². The molecule has 0 saturated carbocycles. The zero-order chi connectivity index (χ0) is 16.4. The van der Waals surface area contributed by atoms with Gasteiger partial charge in [0.1, 0.15) is 6.54 Å². The fourth-order valence-electron chi connectivity index (χ4n) is 2.92. The molecule has 126 valence electrons. The summed E-state index contributed by atoms with van der Waals surface area (Å²) < 4.78 is 37.6. The fourth-order valence-corrected chi connectivity index (χ4v) is 2.92. The molecule has 0 aromatic carbocycles. The number of anilines is 1. The van der Waals surface area contributed by atoms with Gasteiger partial charge in [-0.05, 0) is 6.42 Å². The average Bonchev–Trinajstić information content (AvgIpc) is 3.17. The molecule has 3 heterocycles. The maximum absolute atomic E-state index is 12.3. The highest BCUT2D eigenvalue weighted by molar-refractivity contribution is 5.89. The van der Waals surface area contributed by atoms with Crippen LogP contribution in [0.2, 0.25) is 0 Å². The number of carbonyl (C=O) groups is 1. The van der Waals surface area contributed by atoms with E-state index in [0.717, 1.165) is 24.2 Å². The molecule has 1 atom stereocenters. The Hall–Kier alpha value is -2.03. The first-order chi connectivity index (χ1) is 10.9. The molecular formula is C14H18F3N5O. The molecule has 1 saturated heterocycles. The van der Waals surface area contributed by atoms with Crippen LogP contribution in [-0.4, -0.2) is 64.0 Å². The molecule has 0 spiro atoms. The summed E-state index contributed by atoms with van der Waals surface area (Å²) in [7, 11) is 0. The van der Waals surface area contributed by atoms with E-state index < -0.39 is 12.7 Å². The lowest BCUT2D eigenvalue weighted by atomic mass is 10.2. The Labute approximate surface area is 131 Å². The number of halogens is 3. The third kappa shape index (κ3) is 4.04. The predicted octanol–water partition coefficient (Wildman–Crippen LogP) is 1.92. The summed E-state index contributed by atoms with van der Waals surface area (Å²) >= 11 is 0. The van der Waals surface area contributed by atoms with Crippen molar-refractivity contribution in [2.24, 2.45) is 0 Å². The minimum Gasteiger partial charge on any atom is -0.323 e. The van der Waals surface area contributed by atoms with Gasteiger partial charge in [-0.25, -0.2) is 4.79 Å². The lowest BCUT2D eigenvalue weighted by Gasteiger charge is -2.23. The van der Waals surface area contributed by atoms with Gasteiger partial charge < -0.3 is 10.2 Å². The van der Waals surface area contributed by atoms with E-state index in [4.69, 9.17) is 0 Å². The van der Waals surface area contributed by atoms with Gasteiger partial charge in [-0.2, -0.15) is 18.3 Å². The molecule has 6 nitrogen and oxygen atoms in total. The zero-order valence-corrected chi connectivity index (χ0v) is 12.5. The largest absolute Gasteiger partial charge is 0.408 e. The van der Waals surface area contributed by atoms with Crippen LogP contribution in [0.25, 0.3) is 0 Å². The van der Waals surface area contributed by atoms with E-state index >= 15 is 0 Å². The van der Waals surface area contributed by atoms with Crippen molar-refractivity contribution in [1.29, 1.82) is 0 Å². The van der Waals surface area contributed by atoms with Crippen LogP contribution in [0.15, 0.2) is 24.5 Å². The van der Waals surface area contributed by atoms with Crippen molar-refractivity contribution in [3.63, 3.8) is 0 Å². The predicted molar refractivity (Wildman–Crippen MR) is 78.0 cm³/mol. The number of rotatable bonds is 3. The minimum absolute atomic E-state index is 0.269. The Balaban J connectivity index is 1.51. The van der Waals surface area contributed by atoms with Gasteiger partial charge >= 0.3 is 12.2 Å². The molecule has 2 aliphatic rings. The second-order valence-electron chi connectivity index (χ2n) is 5.79. The van der Waals surface area contributed by atoms with Crippen LogP contribution in [0.5, 0.6) is 0 Å². The molecule has 0 radical (unpaired) electrons. The number of hydrogen-bond donors (Lipinski definition) is 1. The summed E-state index contributed by atoms with van der Waals surface area (Å²) in [4.78, 5) is 16.2. The molecule has 1 unspecified atom stereocenters. The molecular weight excluding hydrogens is 311 g/mol. The topological polar surface area (TPSA) is 53.4 Å². The number of alkyl halides is 3. The molecule has 2 aliphatic heterocycles. The van der Waals surface area contributed by atoms with Gasteiger partial charge in [0.15, 0.2) is 0 Å². The number of nitrogens with one attached hydrogen (secondary N) is 1. The molecule has 1 fully saturated rings. The van der Waals surface area contributed by atoms with Gasteiger partial charge in [0.2, 0.25) is 0 Å². The first-order valence-corrected chi connectivity index (χ1v) is 7.45. The lowest BCUT2D eigenvalue weighted by molar-refractivity contribution is -0.142. The average molecular weight is 329 g/mol. The van der Waals surface area contributed by atoms with E-state index in [2.05, 4.69) is 27.5 Å². The maximum Gasteiger partial charge on any atom is 0.408 e. The summed E-state index contributed by atoms with van der Waals surface area (Å²) in [5.41, 5.74) is 0.269. The van der Waals surface area contributed by atoms with Gasteiger partial charge in [0.05, 0.1) is 11.9 Å². The molecule has 2 amide bonds. The standard InChI is InChI=1S/C14H18F3N5O/c15-14(16,17)10-22-8-11(7-18-22)19-13(23)21-6-3-12(9-21)20-4-1-2-5-20/h1-2,7-8,12H,3-6,9-10H2,(H,19,23). The number of nitrogens with zero attached hydrogens (tertiary/aromatic N) is 4. The van der Waals surface area contributed by atoms with Crippen molar-refractivity contribution in [3.05, 3.63) is 24.5 Å². The first kappa shape index (κ1) is 15.9. The number of likely N-dealkylation sites (tertiary alicyclic amines) is 1. The van der Waals surface area contributed by atoms with Gasteiger partial charge in [-0.3, -0.25) is 9.58 Å². The Kier molecular flexibility index (Phi) is 4.29. The van der Waals surface area contributed by atoms with Crippen molar-refractivity contribution in [2.45, 2.75) is 25.2 Å². The zero-order valence-electron chi connectivity index (χ0n) is 12.5. The van der Waals surface area contributed by atoms with Crippen molar-refractivity contribution < 1.29 is 18.0 Å². The van der Waals surface area contributed by atoms with Crippen molar-refractivity contribution in [2.75, 3.05) is 31.5 Å². The van der Waals surface area contributed by atoms with Crippen molar-refractivity contribution in [1.82, 2.24) is 19.6 Å². The van der Waals surface area contributed by atoms with Crippen molar-refractivity contribution >= 4 is 11.7 Å². The monoisotopic (exact) mass is 329 g/mol. The third-order valence-corrected chi connectivity index (χ3v) is 4.04. The van der Waals surface area contributed by atoms with Crippen LogP contribution in [0.3, 0.4) is 0 Å². The number of aromatic nitrogens is 2. The number of amides is 2. The van der Waals surface area contributed by atoms with E-state index in [0.29, 0.717) is 19.1 Å². The maximum atomic E-state index is 12.3. The van der Waals surface area contributed by atoms with Crippen LogP contribution < -0.4 is 5.32 Å². The Bertz CT molecular complexity index is 589. The second-order valence-corrected chi connectivity index (χ2v) is 5.79. The molecule has 1 aromatic heterocycles. The highest BCUT2D eigenvalue weighted by Gasteiger charge is 2.31. The molecule has 23 heavy (non-hydrogen) atoms. The Morgan fingerprint density at radius 3 is 2.78 bits per heavy atom.